The van der Waals surface area contributed by atoms with Crippen molar-refractivity contribution in [3.8, 4) is 11.3 Å². The summed E-state index contributed by atoms with van der Waals surface area (Å²) in [6, 6.07) is 9.87. The Balaban J connectivity index is 2.22. The lowest BCUT2D eigenvalue weighted by Crippen LogP contribution is -1.99. The van der Waals surface area contributed by atoms with Crippen LogP contribution in [0.15, 0.2) is 36.4 Å². The lowest BCUT2D eigenvalue weighted by Gasteiger charge is -2.05. The van der Waals surface area contributed by atoms with Gasteiger partial charge in [-0.25, -0.2) is 19.3 Å². The van der Waals surface area contributed by atoms with Crippen LogP contribution in [0, 0.1) is 12.7 Å². The Morgan fingerprint density at radius 3 is 2.68 bits per heavy atom. The first kappa shape index (κ1) is 11.5. The van der Waals surface area contributed by atoms with Crippen LogP contribution in [0.5, 0.6) is 0 Å². The van der Waals surface area contributed by atoms with E-state index in [0.717, 1.165) is 0 Å². The van der Waals surface area contributed by atoms with Crippen LogP contribution in [0.1, 0.15) is 5.82 Å². The molecule has 0 saturated heterocycles. The minimum Gasteiger partial charge on any atom is -0.382 e. The molecule has 0 unspecified atom stereocenters. The molecular weight excluding hydrogens is 243 g/mol. The molecule has 0 aliphatic carbocycles. The van der Waals surface area contributed by atoms with Crippen LogP contribution in [0.3, 0.4) is 0 Å². The number of aryl methyl sites for hydroxylation is 1. The fourth-order valence-corrected chi connectivity index (χ4v) is 1.97. The highest BCUT2D eigenvalue weighted by molar-refractivity contribution is 5.86. The van der Waals surface area contributed by atoms with Crippen LogP contribution in [-0.4, -0.2) is 15.0 Å². The van der Waals surface area contributed by atoms with Crippen LogP contribution in [-0.2, 0) is 0 Å². The summed E-state index contributed by atoms with van der Waals surface area (Å²) in [5.74, 6) is 0.638. The van der Waals surface area contributed by atoms with Crippen molar-refractivity contribution >= 4 is 16.9 Å². The molecule has 3 rings (SSSR count). The van der Waals surface area contributed by atoms with Gasteiger partial charge in [-0.1, -0.05) is 12.1 Å². The number of benzene rings is 1. The van der Waals surface area contributed by atoms with Gasteiger partial charge in [0, 0.05) is 5.56 Å². The van der Waals surface area contributed by atoms with Gasteiger partial charge in [-0.05, 0) is 31.2 Å². The average molecular weight is 254 g/mol. The summed E-state index contributed by atoms with van der Waals surface area (Å²) >= 11 is 0. The van der Waals surface area contributed by atoms with E-state index in [-0.39, 0.29) is 5.82 Å². The molecule has 5 heteroatoms. The molecule has 3 aromatic rings. The maximum absolute atomic E-state index is 13.2. The number of nitrogen functional groups attached to an aromatic ring is 1. The van der Waals surface area contributed by atoms with Crippen LogP contribution < -0.4 is 5.73 Å². The van der Waals surface area contributed by atoms with Gasteiger partial charge in [-0.2, -0.15) is 0 Å². The molecule has 0 atom stereocenters. The number of rotatable bonds is 1. The number of hydrogen-bond acceptors (Lipinski definition) is 4. The third-order valence-electron chi connectivity index (χ3n) is 2.80. The van der Waals surface area contributed by atoms with E-state index < -0.39 is 0 Å². The van der Waals surface area contributed by atoms with Crippen molar-refractivity contribution < 1.29 is 4.39 Å². The molecule has 0 aliphatic heterocycles. The van der Waals surface area contributed by atoms with Gasteiger partial charge in [-0.15, -0.1) is 0 Å². The van der Waals surface area contributed by atoms with E-state index >= 15 is 0 Å². The fraction of sp³-hybridized carbons (Fsp3) is 0.0714. The number of nitrogens with zero attached hydrogens (tertiary/aromatic N) is 3. The Labute approximate surface area is 109 Å². The third-order valence-corrected chi connectivity index (χ3v) is 2.80. The van der Waals surface area contributed by atoms with E-state index in [9.17, 15) is 4.39 Å². The van der Waals surface area contributed by atoms with E-state index in [1.807, 2.05) is 6.07 Å². The largest absolute Gasteiger partial charge is 0.382 e. The van der Waals surface area contributed by atoms with Crippen LogP contribution in [0.4, 0.5) is 10.2 Å². The molecule has 2 aromatic heterocycles. The number of halogens is 1. The fourth-order valence-electron chi connectivity index (χ4n) is 1.97. The lowest BCUT2D eigenvalue weighted by atomic mass is 10.1. The van der Waals surface area contributed by atoms with Gasteiger partial charge in [0.2, 0.25) is 0 Å². The lowest BCUT2D eigenvalue weighted by molar-refractivity contribution is 0.628. The molecule has 0 bridgehead atoms. The number of nitrogens with two attached hydrogens (primary N) is 1. The van der Waals surface area contributed by atoms with Crippen molar-refractivity contribution in [3.05, 3.63) is 48.0 Å². The van der Waals surface area contributed by atoms with Gasteiger partial charge < -0.3 is 5.73 Å². The Kier molecular flexibility index (Phi) is 2.59. The Morgan fingerprint density at radius 1 is 1.05 bits per heavy atom. The number of aromatic nitrogens is 3. The van der Waals surface area contributed by atoms with Crippen LogP contribution in [0.25, 0.3) is 22.3 Å². The molecule has 0 amide bonds. The van der Waals surface area contributed by atoms with Crippen molar-refractivity contribution in [2.24, 2.45) is 0 Å². The highest BCUT2D eigenvalue weighted by Gasteiger charge is 2.07. The predicted molar refractivity (Wildman–Crippen MR) is 71.9 cm³/mol. The summed E-state index contributed by atoms with van der Waals surface area (Å²) in [4.78, 5) is 12.8. The molecule has 19 heavy (non-hydrogen) atoms. The minimum atomic E-state index is -0.299. The molecule has 0 spiro atoms. The standard InChI is InChI=1S/C14H11FN4/c1-8-17-12-6-5-11(19-13(12)14(16)18-8)9-3-2-4-10(15)7-9/h2-7H,1H3,(H2,16,17,18). The van der Waals surface area contributed by atoms with Crippen LogP contribution >= 0.6 is 0 Å². The van der Waals surface area contributed by atoms with E-state index in [4.69, 9.17) is 5.73 Å². The van der Waals surface area contributed by atoms with E-state index in [0.29, 0.717) is 33.9 Å². The molecular formula is C14H11FN4. The minimum absolute atomic E-state index is 0.299. The molecule has 0 radical (unpaired) electrons. The summed E-state index contributed by atoms with van der Waals surface area (Å²) in [5, 5.41) is 0. The number of anilines is 1. The second-order valence-electron chi connectivity index (χ2n) is 4.23. The normalized spacial score (nSPS) is 10.8. The first-order chi connectivity index (χ1) is 9.13. The topological polar surface area (TPSA) is 64.7 Å². The van der Waals surface area contributed by atoms with E-state index in [2.05, 4.69) is 15.0 Å². The molecule has 0 aliphatic rings. The van der Waals surface area contributed by atoms with Crippen molar-refractivity contribution in [1.82, 2.24) is 15.0 Å². The van der Waals surface area contributed by atoms with E-state index in [1.54, 1.807) is 25.1 Å². The molecule has 2 heterocycles. The first-order valence-corrected chi connectivity index (χ1v) is 5.80. The molecule has 94 valence electrons. The molecule has 4 nitrogen and oxygen atoms in total. The Morgan fingerprint density at radius 2 is 1.89 bits per heavy atom. The van der Waals surface area contributed by atoms with Crippen molar-refractivity contribution in [1.29, 1.82) is 0 Å². The van der Waals surface area contributed by atoms with Gasteiger partial charge in [0.25, 0.3) is 0 Å². The number of hydrogen-bond donors (Lipinski definition) is 1. The second kappa shape index (κ2) is 4.28. The van der Waals surface area contributed by atoms with Gasteiger partial charge >= 0.3 is 0 Å². The summed E-state index contributed by atoms with van der Waals surface area (Å²) in [6.45, 7) is 1.77. The molecule has 0 saturated carbocycles. The van der Waals surface area contributed by atoms with Gasteiger partial charge in [0.15, 0.2) is 5.82 Å². The van der Waals surface area contributed by atoms with Gasteiger partial charge in [-0.3, -0.25) is 0 Å². The molecule has 2 N–H and O–H groups in total. The highest BCUT2D eigenvalue weighted by atomic mass is 19.1. The maximum Gasteiger partial charge on any atom is 0.153 e. The Bertz CT molecular complexity index is 770. The van der Waals surface area contributed by atoms with Gasteiger partial charge in [0.1, 0.15) is 17.2 Å². The first-order valence-electron chi connectivity index (χ1n) is 5.80. The van der Waals surface area contributed by atoms with E-state index in [1.165, 1.54) is 12.1 Å². The zero-order valence-corrected chi connectivity index (χ0v) is 10.3. The quantitative estimate of drug-likeness (QED) is 0.725. The van der Waals surface area contributed by atoms with Crippen molar-refractivity contribution in [3.63, 3.8) is 0 Å². The number of pyridine rings is 1. The smallest absolute Gasteiger partial charge is 0.153 e. The zero-order chi connectivity index (χ0) is 13.4. The van der Waals surface area contributed by atoms with Crippen molar-refractivity contribution in [2.45, 2.75) is 6.92 Å². The monoisotopic (exact) mass is 254 g/mol. The van der Waals surface area contributed by atoms with Crippen molar-refractivity contribution in [2.75, 3.05) is 5.73 Å². The number of fused-ring (bicyclic) bond motifs is 1. The van der Waals surface area contributed by atoms with Gasteiger partial charge in [0.05, 0.1) is 11.2 Å². The molecule has 1 aromatic carbocycles. The summed E-state index contributed by atoms with van der Waals surface area (Å²) < 4.78 is 13.2. The zero-order valence-electron chi connectivity index (χ0n) is 10.3. The predicted octanol–water partition coefficient (Wildman–Crippen LogP) is 2.72. The third kappa shape index (κ3) is 2.10. The maximum atomic E-state index is 13.2. The molecule has 0 fully saturated rings. The Hall–Kier alpha value is -2.56. The van der Waals surface area contributed by atoms with Crippen LogP contribution in [0.2, 0.25) is 0 Å². The second-order valence-corrected chi connectivity index (χ2v) is 4.23. The summed E-state index contributed by atoms with van der Waals surface area (Å²) in [7, 11) is 0. The summed E-state index contributed by atoms with van der Waals surface area (Å²) in [6.07, 6.45) is 0. The highest BCUT2D eigenvalue weighted by Crippen LogP contribution is 2.22. The SMILES string of the molecule is Cc1nc(N)c2nc(-c3cccc(F)c3)ccc2n1. The average Bonchev–Trinajstić information content (AvgIpc) is 2.38. The summed E-state index contributed by atoms with van der Waals surface area (Å²) in [5.41, 5.74) is 8.41.